The number of hydrogen-bond acceptors (Lipinski definition) is 3. The van der Waals surface area contributed by atoms with E-state index in [1.165, 1.54) is 18.4 Å². The summed E-state index contributed by atoms with van der Waals surface area (Å²) in [5.74, 6) is 0.926. The Hall–Kier alpha value is -1.60. The lowest BCUT2D eigenvalue weighted by Crippen LogP contribution is -2.33. The van der Waals surface area contributed by atoms with E-state index in [0.717, 1.165) is 43.4 Å². The maximum atomic E-state index is 10.8. The summed E-state index contributed by atoms with van der Waals surface area (Å²) >= 11 is 0. The molecule has 0 saturated heterocycles. The van der Waals surface area contributed by atoms with Crippen molar-refractivity contribution in [1.82, 2.24) is 0 Å². The van der Waals surface area contributed by atoms with Crippen LogP contribution in [0.5, 0.6) is 5.75 Å². The third-order valence-corrected chi connectivity index (χ3v) is 4.74. The summed E-state index contributed by atoms with van der Waals surface area (Å²) in [6.45, 7) is 2.08. The van der Waals surface area contributed by atoms with Crippen LogP contribution in [0.15, 0.2) is 23.2 Å². The predicted octanol–water partition coefficient (Wildman–Crippen LogP) is 4.03. The van der Waals surface area contributed by atoms with E-state index in [1.54, 1.807) is 6.08 Å². The average Bonchev–Trinajstić information content (AvgIpc) is 2.88. The van der Waals surface area contributed by atoms with Crippen LogP contribution in [0.25, 0.3) is 0 Å². The third kappa shape index (κ3) is 2.27. The second kappa shape index (κ2) is 5.41. The molecule has 0 spiro atoms. The molecule has 0 N–H and O–H groups in total. The van der Waals surface area contributed by atoms with Gasteiger partial charge in [-0.1, -0.05) is 12.1 Å². The Morgan fingerprint density at radius 2 is 2.00 bits per heavy atom. The summed E-state index contributed by atoms with van der Waals surface area (Å²) in [7, 11) is 0. The maximum absolute atomic E-state index is 10.8. The number of carbonyl (C=O) groups excluding carboxylic acids is 1. The van der Waals surface area contributed by atoms with E-state index >= 15 is 0 Å². The molecule has 2 aliphatic rings. The van der Waals surface area contributed by atoms with Crippen molar-refractivity contribution in [1.29, 1.82) is 0 Å². The molecular formula is C17H21NO2. The zero-order valence-corrected chi connectivity index (χ0v) is 12.0. The number of nitrogens with zero attached hydrogens (tertiary/aromatic N) is 1. The molecule has 0 atom stereocenters. The van der Waals surface area contributed by atoms with Crippen molar-refractivity contribution in [2.45, 2.75) is 63.5 Å². The fraction of sp³-hybridized carbons (Fsp3) is 0.588. The van der Waals surface area contributed by atoms with Crippen LogP contribution >= 0.6 is 0 Å². The van der Waals surface area contributed by atoms with Gasteiger partial charge in [0.2, 0.25) is 6.08 Å². The average molecular weight is 271 g/mol. The maximum Gasteiger partial charge on any atom is 0.235 e. The number of rotatable bonds is 4. The van der Waals surface area contributed by atoms with Crippen molar-refractivity contribution in [3.63, 3.8) is 0 Å². The normalized spacial score (nSPS) is 21.1. The summed E-state index contributed by atoms with van der Waals surface area (Å²) in [6, 6.07) is 6.14. The van der Waals surface area contributed by atoms with Gasteiger partial charge in [-0.3, -0.25) is 0 Å². The topological polar surface area (TPSA) is 38.7 Å². The lowest BCUT2D eigenvalue weighted by atomic mass is 9.70. The van der Waals surface area contributed by atoms with Gasteiger partial charge in [0.25, 0.3) is 0 Å². The number of isocyanates is 1. The number of aliphatic imine (C=N–C) groups is 1. The molecule has 1 aromatic carbocycles. The first kappa shape index (κ1) is 13.4. The molecule has 2 fully saturated rings. The highest BCUT2D eigenvalue weighted by Gasteiger charge is 2.42. The van der Waals surface area contributed by atoms with Crippen LogP contribution in [-0.4, -0.2) is 12.2 Å². The van der Waals surface area contributed by atoms with Crippen molar-refractivity contribution >= 4 is 6.08 Å². The largest absolute Gasteiger partial charge is 0.490 e. The van der Waals surface area contributed by atoms with Gasteiger partial charge in [-0.15, -0.1) is 0 Å². The molecule has 0 aromatic heterocycles. The minimum atomic E-state index is -0.374. The van der Waals surface area contributed by atoms with Crippen LogP contribution in [0.2, 0.25) is 0 Å². The van der Waals surface area contributed by atoms with Gasteiger partial charge in [0.15, 0.2) is 0 Å². The highest BCUT2D eigenvalue weighted by Crippen LogP contribution is 2.49. The van der Waals surface area contributed by atoms with Gasteiger partial charge < -0.3 is 4.74 Å². The highest BCUT2D eigenvalue weighted by atomic mass is 16.5. The van der Waals surface area contributed by atoms with Crippen LogP contribution in [0, 0.1) is 6.92 Å². The quantitative estimate of drug-likeness (QED) is 0.612. The summed E-state index contributed by atoms with van der Waals surface area (Å²) < 4.78 is 6.23. The van der Waals surface area contributed by atoms with Crippen LogP contribution in [-0.2, 0) is 10.3 Å². The molecule has 0 heterocycles. The first-order chi connectivity index (χ1) is 9.75. The van der Waals surface area contributed by atoms with Gasteiger partial charge in [-0.25, -0.2) is 4.79 Å². The fourth-order valence-electron chi connectivity index (χ4n) is 3.54. The molecule has 0 radical (unpaired) electrons. The predicted molar refractivity (Wildman–Crippen MR) is 77.7 cm³/mol. The first-order valence-electron chi connectivity index (χ1n) is 7.61. The van der Waals surface area contributed by atoms with Crippen LogP contribution in [0.1, 0.15) is 56.1 Å². The van der Waals surface area contributed by atoms with Gasteiger partial charge in [0.05, 0.1) is 6.10 Å². The Kier molecular flexibility index (Phi) is 3.62. The molecule has 106 valence electrons. The van der Waals surface area contributed by atoms with Crippen molar-refractivity contribution in [2.24, 2.45) is 4.99 Å². The molecule has 0 bridgehead atoms. The van der Waals surface area contributed by atoms with Crippen LogP contribution < -0.4 is 4.74 Å². The van der Waals surface area contributed by atoms with E-state index in [2.05, 4.69) is 18.0 Å². The second-order valence-corrected chi connectivity index (χ2v) is 6.06. The Bertz CT molecular complexity index is 536. The number of hydrogen-bond donors (Lipinski definition) is 0. The van der Waals surface area contributed by atoms with Crippen molar-refractivity contribution in [2.75, 3.05) is 0 Å². The second-order valence-electron chi connectivity index (χ2n) is 6.06. The summed E-state index contributed by atoms with van der Waals surface area (Å²) in [5.41, 5.74) is 1.90. The van der Waals surface area contributed by atoms with Gasteiger partial charge >= 0.3 is 0 Å². The molecule has 0 amide bonds. The van der Waals surface area contributed by atoms with Crippen molar-refractivity contribution in [3.8, 4) is 5.75 Å². The Labute approximate surface area is 120 Å². The molecule has 20 heavy (non-hydrogen) atoms. The van der Waals surface area contributed by atoms with Crippen LogP contribution in [0.3, 0.4) is 0 Å². The SMILES string of the molecule is Cc1cccc(OC2CCCC2)c1C1(N=C=O)CCC1. The van der Waals surface area contributed by atoms with Gasteiger partial charge in [-0.05, 0) is 63.5 Å². The fourth-order valence-corrected chi connectivity index (χ4v) is 3.54. The third-order valence-electron chi connectivity index (χ3n) is 4.74. The lowest BCUT2D eigenvalue weighted by molar-refractivity contribution is 0.190. The molecule has 3 rings (SSSR count). The molecular weight excluding hydrogens is 250 g/mol. The van der Waals surface area contributed by atoms with Gasteiger partial charge in [0.1, 0.15) is 11.3 Å². The zero-order chi connectivity index (χ0) is 14.0. The van der Waals surface area contributed by atoms with E-state index in [0.29, 0.717) is 6.10 Å². The minimum Gasteiger partial charge on any atom is -0.490 e. The highest BCUT2D eigenvalue weighted by molar-refractivity contribution is 5.49. The lowest BCUT2D eigenvalue weighted by Gasteiger charge is -2.39. The number of aryl methyl sites for hydroxylation is 1. The summed E-state index contributed by atoms with van der Waals surface area (Å²) in [4.78, 5) is 15.0. The molecule has 2 aliphatic carbocycles. The first-order valence-corrected chi connectivity index (χ1v) is 7.61. The van der Waals surface area contributed by atoms with Crippen molar-refractivity contribution < 1.29 is 9.53 Å². The molecule has 3 nitrogen and oxygen atoms in total. The monoisotopic (exact) mass is 271 g/mol. The van der Waals surface area contributed by atoms with E-state index < -0.39 is 0 Å². The zero-order valence-electron chi connectivity index (χ0n) is 12.0. The van der Waals surface area contributed by atoms with E-state index in [-0.39, 0.29) is 5.54 Å². The molecule has 3 heteroatoms. The summed E-state index contributed by atoms with van der Waals surface area (Å²) in [5, 5.41) is 0. The standard InChI is InChI=1S/C17H21NO2/c1-13-6-4-9-15(20-14-7-2-3-8-14)16(13)17(18-12-19)10-5-11-17/h4,6,9,14H,2-3,5,7-8,10-11H2,1H3. The number of ether oxygens (including phenoxy) is 1. The van der Waals surface area contributed by atoms with E-state index in [9.17, 15) is 4.79 Å². The summed E-state index contributed by atoms with van der Waals surface area (Å²) in [6.07, 6.45) is 9.85. The molecule has 1 aromatic rings. The number of benzene rings is 1. The molecule has 0 aliphatic heterocycles. The van der Waals surface area contributed by atoms with Crippen LogP contribution in [0.4, 0.5) is 0 Å². The molecule has 0 unspecified atom stereocenters. The molecule has 2 saturated carbocycles. The minimum absolute atomic E-state index is 0.327. The van der Waals surface area contributed by atoms with Gasteiger partial charge in [0, 0.05) is 5.56 Å². The van der Waals surface area contributed by atoms with E-state index in [4.69, 9.17) is 4.74 Å². The Balaban J connectivity index is 1.97. The Morgan fingerprint density at radius 3 is 2.60 bits per heavy atom. The van der Waals surface area contributed by atoms with Gasteiger partial charge in [-0.2, -0.15) is 4.99 Å². The van der Waals surface area contributed by atoms with Crippen molar-refractivity contribution in [3.05, 3.63) is 29.3 Å². The Morgan fingerprint density at radius 1 is 1.25 bits per heavy atom. The van der Waals surface area contributed by atoms with E-state index in [1.807, 2.05) is 12.1 Å². The smallest absolute Gasteiger partial charge is 0.235 e.